The summed E-state index contributed by atoms with van der Waals surface area (Å²) in [4.78, 5) is 0. The Morgan fingerprint density at radius 1 is 1.40 bits per heavy atom. The second-order valence-corrected chi connectivity index (χ2v) is 5.37. The fourth-order valence-corrected chi connectivity index (χ4v) is 2.63. The Balaban J connectivity index is 2.10. The van der Waals surface area contributed by atoms with Crippen LogP contribution in [0.2, 0.25) is 5.02 Å². The van der Waals surface area contributed by atoms with Crippen molar-refractivity contribution < 1.29 is 14.2 Å². The van der Waals surface area contributed by atoms with Gasteiger partial charge in [0.2, 0.25) is 0 Å². The third-order valence-electron chi connectivity index (χ3n) is 3.42. The highest BCUT2D eigenvalue weighted by Crippen LogP contribution is 2.35. The second-order valence-electron chi connectivity index (χ2n) is 4.93. The van der Waals surface area contributed by atoms with E-state index in [1.807, 2.05) is 6.07 Å². The van der Waals surface area contributed by atoms with E-state index in [1.165, 1.54) is 6.42 Å². The van der Waals surface area contributed by atoms with Crippen molar-refractivity contribution in [2.24, 2.45) is 5.73 Å². The van der Waals surface area contributed by atoms with Crippen molar-refractivity contribution in [3.8, 4) is 11.5 Å². The van der Waals surface area contributed by atoms with Crippen molar-refractivity contribution in [1.82, 2.24) is 0 Å². The standard InChI is InChI=1S/C15H22ClNO3/c1-18-14-9-12(16)8-11(5-6-17)15(14)20-10-13-4-2-3-7-19-13/h8-9,13H,2-7,10,17H2,1H3. The van der Waals surface area contributed by atoms with Gasteiger partial charge in [-0.25, -0.2) is 0 Å². The Kier molecular flexibility index (Phi) is 5.95. The molecule has 1 aliphatic heterocycles. The molecule has 1 heterocycles. The summed E-state index contributed by atoms with van der Waals surface area (Å²) < 4.78 is 17.0. The predicted molar refractivity (Wildman–Crippen MR) is 79.8 cm³/mol. The van der Waals surface area contributed by atoms with Crippen LogP contribution in [0.5, 0.6) is 11.5 Å². The summed E-state index contributed by atoms with van der Waals surface area (Å²) in [6.07, 6.45) is 4.25. The second kappa shape index (κ2) is 7.72. The molecule has 0 amide bonds. The fraction of sp³-hybridized carbons (Fsp3) is 0.600. The van der Waals surface area contributed by atoms with Crippen molar-refractivity contribution in [3.05, 3.63) is 22.7 Å². The van der Waals surface area contributed by atoms with E-state index in [0.717, 1.165) is 30.8 Å². The molecule has 0 aliphatic carbocycles. The van der Waals surface area contributed by atoms with Crippen molar-refractivity contribution in [1.29, 1.82) is 0 Å². The summed E-state index contributed by atoms with van der Waals surface area (Å²) >= 11 is 6.08. The van der Waals surface area contributed by atoms with Crippen LogP contribution in [-0.4, -0.2) is 33.0 Å². The number of benzene rings is 1. The van der Waals surface area contributed by atoms with E-state index < -0.39 is 0 Å². The van der Waals surface area contributed by atoms with Gasteiger partial charge < -0.3 is 19.9 Å². The maximum absolute atomic E-state index is 6.08. The van der Waals surface area contributed by atoms with Crippen molar-refractivity contribution in [3.63, 3.8) is 0 Å². The Morgan fingerprint density at radius 2 is 2.25 bits per heavy atom. The Labute approximate surface area is 125 Å². The molecule has 2 N–H and O–H groups in total. The van der Waals surface area contributed by atoms with E-state index >= 15 is 0 Å². The minimum Gasteiger partial charge on any atom is -0.493 e. The van der Waals surface area contributed by atoms with Crippen molar-refractivity contribution >= 4 is 11.6 Å². The van der Waals surface area contributed by atoms with Gasteiger partial charge in [0.25, 0.3) is 0 Å². The third-order valence-corrected chi connectivity index (χ3v) is 3.64. The molecular formula is C15H22ClNO3. The number of hydrogen-bond donors (Lipinski definition) is 1. The molecule has 2 rings (SSSR count). The van der Waals surface area contributed by atoms with E-state index in [2.05, 4.69) is 0 Å². The summed E-state index contributed by atoms with van der Waals surface area (Å²) in [6.45, 7) is 1.90. The first-order valence-electron chi connectivity index (χ1n) is 7.05. The molecule has 112 valence electrons. The van der Waals surface area contributed by atoms with Crippen molar-refractivity contribution in [2.75, 3.05) is 26.9 Å². The molecule has 5 heteroatoms. The first-order valence-corrected chi connectivity index (χ1v) is 7.43. The number of hydrogen-bond acceptors (Lipinski definition) is 4. The normalized spacial score (nSPS) is 18.9. The third kappa shape index (κ3) is 4.01. The molecule has 20 heavy (non-hydrogen) atoms. The largest absolute Gasteiger partial charge is 0.493 e. The first-order chi connectivity index (χ1) is 9.74. The first kappa shape index (κ1) is 15.4. The molecule has 1 aliphatic rings. The zero-order chi connectivity index (χ0) is 14.4. The molecule has 1 unspecified atom stereocenters. The van der Waals surface area contributed by atoms with E-state index in [1.54, 1.807) is 13.2 Å². The number of ether oxygens (including phenoxy) is 3. The van der Waals surface area contributed by atoms with Gasteiger partial charge in [0.1, 0.15) is 6.61 Å². The van der Waals surface area contributed by atoms with Crippen LogP contribution in [0.15, 0.2) is 12.1 Å². The number of methoxy groups -OCH3 is 1. The van der Waals surface area contributed by atoms with Gasteiger partial charge in [-0.2, -0.15) is 0 Å². The number of nitrogens with two attached hydrogens (primary N) is 1. The number of rotatable bonds is 6. The molecule has 0 radical (unpaired) electrons. The monoisotopic (exact) mass is 299 g/mol. The van der Waals surface area contributed by atoms with Crippen LogP contribution in [0.3, 0.4) is 0 Å². The quantitative estimate of drug-likeness (QED) is 0.877. The maximum Gasteiger partial charge on any atom is 0.164 e. The predicted octanol–water partition coefficient (Wildman–Crippen LogP) is 2.80. The molecular weight excluding hydrogens is 278 g/mol. The smallest absolute Gasteiger partial charge is 0.164 e. The van der Waals surface area contributed by atoms with Crippen LogP contribution in [0.25, 0.3) is 0 Å². The van der Waals surface area contributed by atoms with Crippen LogP contribution >= 0.6 is 11.6 Å². The van der Waals surface area contributed by atoms with E-state index in [0.29, 0.717) is 30.3 Å². The van der Waals surface area contributed by atoms with E-state index in [4.69, 9.17) is 31.5 Å². The average Bonchev–Trinajstić information content (AvgIpc) is 2.47. The van der Waals surface area contributed by atoms with Gasteiger partial charge in [0.05, 0.1) is 13.2 Å². The molecule has 0 saturated carbocycles. The lowest BCUT2D eigenvalue weighted by atomic mass is 10.1. The van der Waals surface area contributed by atoms with Crippen LogP contribution in [0, 0.1) is 0 Å². The molecule has 1 aromatic carbocycles. The van der Waals surface area contributed by atoms with Crippen LogP contribution in [-0.2, 0) is 11.2 Å². The lowest BCUT2D eigenvalue weighted by Crippen LogP contribution is -2.26. The lowest BCUT2D eigenvalue weighted by molar-refractivity contribution is -0.0116. The van der Waals surface area contributed by atoms with Gasteiger partial charge in [0, 0.05) is 23.3 Å². The van der Waals surface area contributed by atoms with Gasteiger partial charge >= 0.3 is 0 Å². The lowest BCUT2D eigenvalue weighted by Gasteiger charge is -2.24. The molecule has 4 nitrogen and oxygen atoms in total. The fourth-order valence-electron chi connectivity index (χ4n) is 2.39. The van der Waals surface area contributed by atoms with Gasteiger partial charge in [-0.1, -0.05) is 11.6 Å². The topological polar surface area (TPSA) is 53.7 Å². The highest BCUT2D eigenvalue weighted by molar-refractivity contribution is 6.30. The summed E-state index contributed by atoms with van der Waals surface area (Å²) in [7, 11) is 1.61. The minimum absolute atomic E-state index is 0.162. The molecule has 1 fully saturated rings. The number of halogens is 1. The molecule has 0 spiro atoms. The van der Waals surface area contributed by atoms with E-state index in [9.17, 15) is 0 Å². The molecule has 1 atom stereocenters. The zero-order valence-electron chi connectivity index (χ0n) is 11.9. The van der Waals surface area contributed by atoms with Crippen molar-refractivity contribution in [2.45, 2.75) is 31.8 Å². The van der Waals surface area contributed by atoms with Crippen LogP contribution < -0.4 is 15.2 Å². The van der Waals surface area contributed by atoms with Crippen LogP contribution in [0.4, 0.5) is 0 Å². The van der Waals surface area contributed by atoms with Crippen LogP contribution in [0.1, 0.15) is 24.8 Å². The highest BCUT2D eigenvalue weighted by atomic mass is 35.5. The Bertz CT molecular complexity index is 433. The average molecular weight is 300 g/mol. The summed E-state index contributed by atoms with van der Waals surface area (Å²) in [6, 6.07) is 3.65. The summed E-state index contributed by atoms with van der Waals surface area (Å²) in [5.41, 5.74) is 6.63. The molecule has 1 saturated heterocycles. The zero-order valence-corrected chi connectivity index (χ0v) is 12.6. The summed E-state index contributed by atoms with van der Waals surface area (Å²) in [5, 5.41) is 0.631. The van der Waals surface area contributed by atoms with E-state index in [-0.39, 0.29) is 6.10 Å². The molecule has 0 bridgehead atoms. The van der Waals surface area contributed by atoms with Gasteiger partial charge in [-0.05, 0) is 38.3 Å². The maximum atomic E-state index is 6.08. The molecule has 1 aromatic rings. The van der Waals surface area contributed by atoms with Gasteiger partial charge in [-0.3, -0.25) is 0 Å². The highest BCUT2D eigenvalue weighted by Gasteiger charge is 2.18. The Morgan fingerprint density at radius 3 is 2.90 bits per heavy atom. The minimum atomic E-state index is 0.162. The Hall–Kier alpha value is -0.970. The van der Waals surface area contributed by atoms with Gasteiger partial charge in [-0.15, -0.1) is 0 Å². The summed E-state index contributed by atoms with van der Waals surface area (Å²) in [5.74, 6) is 1.38. The SMILES string of the molecule is COc1cc(Cl)cc(CCN)c1OCC1CCCCO1. The molecule has 0 aromatic heterocycles. The van der Waals surface area contributed by atoms with Gasteiger partial charge in [0.15, 0.2) is 11.5 Å².